The van der Waals surface area contributed by atoms with Gasteiger partial charge in [0.25, 0.3) is 0 Å². The highest BCUT2D eigenvalue weighted by Crippen LogP contribution is 2.52. The van der Waals surface area contributed by atoms with Gasteiger partial charge in [0.1, 0.15) is 0 Å². The van der Waals surface area contributed by atoms with E-state index in [1.54, 1.807) is 6.07 Å². The SMILES string of the molecule is CC1(C)C[C@@H]1C(=O)Nc1nc2ccc(C#N)cc2n1C1CCC1. The second-order valence-electron chi connectivity index (χ2n) is 7.44. The first kappa shape index (κ1) is 14.3. The molecule has 0 radical (unpaired) electrons. The normalized spacial score (nSPS) is 22.4. The minimum atomic E-state index is 0.0615. The fraction of sp³-hybridized carbons (Fsp3) is 0.500. The van der Waals surface area contributed by atoms with Crippen molar-refractivity contribution >= 4 is 22.9 Å². The molecule has 2 aliphatic carbocycles. The third-order valence-corrected chi connectivity index (χ3v) is 5.32. The molecule has 2 saturated carbocycles. The van der Waals surface area contributed by atoms with Crippen LogP contribution in [0.25, 0.3) is 11.0 Å². The summed E-state index contributed by atoms with van der Waals surface area (Å²) in [4.78, 5) is 17.1. The van der Waals surface area contributed by atoms with Crippen LogP contribution in [0.1, 0.15) is 51.1 Å². The van der Waals surface area contributed by atoms with Crippen molar-refractivity contribution in [2.75, 3.05) is 5.32 Å². The van der Waals surface area contributed by atoms with E-state index in [1.165, 1.54) is 6.42 Å². The zero-order valence-electron chi connectivity index (χ0n) is 13.5. The summed E-state index contributed by atoms with van der Waals surface area (Å²) in [5.74, 6) is 0.769. The summed E-state index contributed by atoms with van der Waals surface area (Å²) in [5, 5.41) is 12.2. The Labute approximate surface area is 135 Å². The second kappa shape index (κ2) is 4.82. The minimum Gasteiger partial charge on any atom is -0.307 e. The highest BCUT2D eigenvalue weighted by molar-refractivity contribution is 5.95. The highest BCUT2D eigenvalue weighted by atomic mass is 16.2. The van der Waals surface area contributed by atoms with Crippen molar-refractivity contribution in [2.45, 2.75) is 45.6 Å². The maximum atomic E-state index is 12.5. The van der Waals surface area contributed by atoms with Crippen LogP contribution in [0.15, 0.2) is 18.2 Å². The first-order valence-electron chi connectivity index (χ1n) is 8.22. The van der Waals surface area contributed by atoms with Crippen LogP contribution in [0, 0.1) is 22.7 Å². The Hall–Kier alpha value is -2.35. The number of rotatable bonds is 3. The van der Waals surface area contributed by atoms with Crippen molar-refractivity contribution in [3.8, 4) is 6.07 Å². The van der Waals surface area contributed by atoms with Gasteiger partial charge in [0.05, 0.1) is 22.7 Å². The van der Waals surface area contributed by atoms with E-state index >= 15 is 0 Å². The molecule has 0 bridgehead atoms. The van der Waals surface area contributed by atoms with Gasteiger partial charge in [0.15, 0.2) is 0 Å². The molecule has 23 heavy (non-hydrogen) atoms. The van der Waals surface area contributed by atoms with E-state index in [0.717, 1.165) is 30.3 Å². The second-order valence-corrected chi connectivity index (χ2v) is 7.44. The Balaban J connectivity index is 1.73. The topological polar surface area (TPSA) is 70.7 Å². The summed E-state index contributed by atoms with van der Waals surface area (Å²) in [7, 11) is 0. The number of benzene rings is 1. The molecule has 1 aromatic heterocycles. The van der Waals surface area contributed by atoms with Crippen LogP contribution in [0.5, 0.6) is 0 Å². The fourth-order valence-corrected chi connectivity index (χ4v) is 3.38. The number of aromatic nitrogens is 2. The van der Waals surface area contributed by atoms with Crippen molar-refractivity contribution in [3.63, 3.8) is 0 Å². The van der Waals surface area contributed by atoms with Crippen molar-refractivity contribution < 1.29 is 4.79 Å². The van der Waals surface area contributed by atoms with Gasteiger partial charge in [-0.05, 0) is 49.3 Å². The van der Waals surface area contributed by atoms with Gasteiger partial charge in [-0.3, -0.25) is 10.1 Å². The molecule has 2 aromatic rings. The smallest absolute Gasteiger partial charge is 0.230 e. The van der Waals surface area contributed by atoms with Gasteiger partial charge in [-0.1, -0.05) is 13.8 Å². The predicted octanol–water partition coefficient (Wildman–Crippen LogP) is 3.62. The predicted molar refractivity (Wildman–Crippen MR) is 87.9 cm³/mol. The molecule has 118 valence electrons. The Morgan fingerprint density at radius 1 is 1.43 bits per heavy atom. The van der Waals surface area contributed by atoms with E-state index in [-0.39, 0.29) is 17.2 Å². The number of carbonyl (C=O) groups excluding carboxylic acids is 1. The molecule has 1 heterocycles. The molecule has 0 aliphatic heterocycles. The summed E-state index contributed by atoms with van der Waals surface area (Å²) in [6.45, 7) is 4.23. The van der Waals surface area contributed by atoms with Gasteiger partial charge in [-0.2, -0.15) is 5.26 Å². The van der Waals surface area contributed by atoms with Crippen LogP contribution >= 0.6 is 0 Å². The summed E-state index contributed by atoms with van der Waals surface area (Å²) in [6, 6.07) is 8.06. The molecular formula is C18H20N4O. The summed E-state index contributed by atoms with van der Waals surface area (Å²) in [6.07, 6.45) is 4.33. The maximum Gasteiger partial charge on any atom is 0.230 e. The van der Waals surface area contributed by atoms with Crippen molar-refractivity contribution in [1.82, 2.24) is 9.55 Å². The zero-order valence-corrected chi connectivity index (χ0v) is 13.5. The van der Waals surface area contributed by atoms with Crippen LogP contribution in [-0.4, -0.2) is 15.5 Å². The van der Waals surface area contributed by atoms with Gasteiger partial charge in [0, 0.05) is 12.0 Å². The lowest BCUT2D eigenvalue weighted by Crippen LogP contribution is -2.23. The zero-order chi connectivity index (χ0) is 16.2. The number of anilines is 1. The van der Waals surface area contributed by atoms with E-state index in [0.29, 0.717) is 17.6 Å². The van der Waals surface area contributed by atoms with E-state index in [2.05, 4.69) is 34.8 Å². The molecule has 5 nitrogen and oxygen atoms in total. The number of fused-ring (bicyclic) bond motifs is 1. The molecule has 1 aromatic carbocycles. The van der Waals surface area contributed by atoms with Crippen LogP contribution in [-0.2, 0) is 4.79 Å². The van der Waals surface area contributed by atoms with Gasteiger partial charge in [-0.25, -0.2) is 4.98 Å². The van der Waals surface area contributed by atoms with E-state index < -0.39 is 0 Å². The number of nitrogens with zero attached hydrogens (tertiary/aromatic N) is 3. The molecule has 2 aliphatic rings. The van der Waals surface area contributed by atoms with Gasteiger partial charge in [-0.15, -0.1) is 0 Å². The lowest BCUT2D eigenvalue weighted by Gasteiger charge is -2.29. The number of hydrogen-bond donors (Lipinski definition) is 1. The largest absolute Gasteiger partial charge is 0.307 e. The average Bonchev–Trinajstić information content (AvgIpc) is 2.98. The van der Waals surface area contributed by atoms with E-state index in [1.807, 2.05) is 12.1 Å². The van der Waals surface area contributed by atoms with Gasteiger partial charge in [0.2, 0.25) is 11.9 Å². The average molecular weight is 308 g/mol. The summed E-state index contributed by atoms with van der Waals surface area (Å²) < 4.78 is 2.12. The minimum absolute atomic E-state index is 0.0615. The Morgan fingerprint density at radius 2 is 2.17 bits per heavy atom. The Bertz CT molecular complexity index is 839. The quantitative estimate of drug-likeness (QED) is 0.941. The molecule has 0 unspecified atom stereocenters. The first-order chi connectivity index (χ1) is 11.0. The molecular weight excluding hydrogens is 288 g/mol. The Kier molecular flexibility index (Phi) is 2.99. The maximum absolute atomic E-state index is 12.5. The van der Waals surface area contributed by atoms with E-state index in [9.17, 15) is 4.79 Å². The highest BCUT2D eigenvalue weighted by Gasteiger charge is 2.50. The number of carbonyl (C=O) groups is 1. The molecule has 2 fully saturated rings. The summed E-state index contributed by atoms with van der Waals surface area (Å²) in [5.41, 5.74) is 2.50. The molecule has 1 atom stereocenters. The van der Waals surface area contributed by atoms with Crippen molar-refractivity contribution in [3.05, 3.63) is 23.8 Å². The van der Waals surface area contributed by atoms with Crippen LogP contribution < -0.4 is 5.32 Å². The summed E-state index contributed by atoms with van der Waals surface area (Å²) >= 11 is 0. The van der Waals surface area contributed by atoms with Crippen molar-refractivity contribution in [1.29, 1.82) is 5.26 Å². The van der Waals surface area contributed by atoms with Gasteiger partial charge < -0.3 is 4.57 Å². The van der Waals surface area contributed by atoms with Crippen LogP contribution in [0.4, 0.5) is 5.95 Å². The van der Waals surface area contributed by atoms with Crippen LogP contribution in [0.3, 0.4) is 0 Å². The van der Waals surface area contributed by atoms with Gasteiger partial charge >= 0.3 is 0 Å². The molecule has 4 rings (SSSR count). The standard InChI is InChI=1S/C18H20N4O/c1-18(2)9-13(18)16(23)21-17-20-14-7-6-11(10-19)8-15(14)22(17)12-4-3-5-12/h6-8,12-13H,3-5,9H2,1-2H3,(H,20,21,23)/t13-/m1/s1. The molecule has 0 spiro atoms. The number of amides is 1. The molecule has 0 saturated heterocycles. The number of hydrogen-bond acceptors (Lipinski definition) is 3. The van der Waals surface area contributed by atoms with Crippen LogP contribution in [0.2, 0.25) is 0 Å². The number of nitrogens with one attached hydrogen (secondary N) is 1. The monoisotopic (exact) mass is 308 g/mol. The first-order valence-corrected chi connectivity index (χ1v) is 8.22. The third kappa shape index (κ3) is 2.29. The van der Waals surface area contributed by atoms with Crippen molar-refractivity contribution in [2.24, 2.45) is 11.3 Å². The molecule has 5 heteroatoms. The lowest BCUT2D eigenvalue weighted by atomic mass is 9.92. The fourth-order valence-electron chi connectivity index (χ4n) is 3.38. The van der Waals surface area contributed by atoms with E-state index in [4.69, 9.17) is 5.26 Å². The Morgan fingerprint density at radius 3 is 2.74 bits per heavy atom. The molecule has 1 N–H and O–H groups in total. The number of nitriles is 1. The molecule has 1 amide bonds. The number of imidazole rings is 1. The third-order valence-electron chi connectivity index (χ3n) is 5.32. The lowest BCUT2D eigenvalue weighted by molar-refractivity contribution is -0.118.